The Bertz CT molecular complexity index is 1470. The summed E-state index contributed by atoms with van der Waals surface area (Å²) in [6.45, 7) is 5.17. The largest absolute Gasteiger partial charge is 0.486 e. The molecule has 4 heterocycles. The average molecular weight is 574 g/mol. The van der Waals surface area contributed by atoms with Gasteiger partial charge in [0.1, 0.15) is 30.4 Å². The number of halogens is 1. The zero-order chi connectivity index (χ0) is 29.2. The van der Waals surface area contributed by atoms with Gasteiger partial charge in [-0.25, -0.2) is 14.4 Å². The first-order valence-corrected chi connectivity index (χ1v) is 14.1. The Labute approximate surface area is 242 Å². The molecule has 0 aliphatic carbocycles. The molecule has 5 atom stereocenters. The Morgan fingerprint density at radius 3 is 2.62 bits per heavy atom. The summed E-state index contributed by atoms with van der Waals surface area (Å²) in [5.74, 6) is 1.68. The van der Waals surface area contributed by atoms with E-state index in [9.17, 15) is 19.6 Å². The van der Waals surface area contributed by atoms with Gasteiger partial charge in [-0.05, 0) is 49.4 Å². The predicted octanol–water partition coefficient (Wildman–Crippen LogP) is 2.94. The van der Waals surface area contributed by atoms with E-state index in [1.807, 2.05) is 12.1 Å². The Hall–Kier alpha value is -4.34. The molecule has 3 fully saturated rings. The van der Waals surface area contributed by atoms with Crippen LogP contribution in [-0.2, 0) is 9.53 Å². The number of piperidine rings is 1. The van der Waals surface area contributed by atoms with E-state index in [0.29, 0.717) is 29.2 Å². The van der Waals surface area contributed by atoms with Crippen molar-refractivity contribution in [2.24, 2.45) is 11.8 Å². The number of nitriles is 1. The van der Waals surface area contributed by atoms with Crippen molar-refractivity contribution in [1.29, 1.82) is 5.26 Å². The fourth-order valence-corrected chi connectivity index (χ4v) is 5.78. The normalized spacial score (nSPS) is 24.1. The van der Waals surface area contributed by atoms with Gasteiger partial charge >= 0.3 is 0 Å². The molecular weight excluding hydrogens is 541 g/mol. The van der Waals surface area contributed by atoms with Crippen molar-refractivity contribution in [3.63, 3.8) is 0 Å². The monoisotopic (exact) mass is 573 g/mol. The number of anilines is 3. The minimum Gasteiger partial charge on any atom is -0.486 e. The number of nitrogens with zero attached hydrogens (tertiary/aromatic N) is 6. The number of nitrogens with one attached hydrogen (secondary N) is 1. The molecule has 3 aromatic rings. The van der Waals surface area contributed by atoms with Crippen LogP contribution in [0.4, 0.5) is 21.7 Å². The second kappa shape index (κ2) is 11.9. The van der Waals surface area contributed by atoms with E-state index >= 15 is 0 Å². The molecule has 0 bridgehead atoms. The number of carbonyl (C=O) groups is 1. The zero-order valence-electron chi connectivity index (χ0n) is 23.2. The van der Waals surface area contributed by atoms with Gasteiger partial charge in [0.05, 0.1) is 25.3 Å². The summed E-state index contributed by atoms with van der Waals surface area (Å²) in [7, 11) is 0. The van der Waals surface area contributed by atoms with E-state index in [2.05, 4.69) is 43.4 Å². The van der Waals surface area contributed by atoms with Gasteiger partial charge < -0.3 is 29.7 Å². The molecule has 2 aromatic carbocycles. The molecular formula is C30H32FN7O4. The third-order valence-corrected chi connectivity index (χ3v) is 8.09. The Kier molecular flexibility index (Phi) is 7.86. The van der Waals surface area contributed by atoms with Crippen molar-refractivity contribution >= 4 is 23.2 Å². The molecule has 0 saturated carbocycles. The maximum Gasteiger partial charge on any atom is 0.251 e. The maximum absolute atomic E-state index is 14.8. The molecule has 2 unspecified atom stereocenters. The number of hydrogen-bond donors (Lipinski definition) is 2. The summed E-state index contributed by atoms with van der Waals surface area (Å²) >= 11 is 0. The summed E-state index contributed by atoms with van der Waals surface area (Å²) in [5.41, 5.74) is 2.81. The van der Waals surface area contributed by atoms with Crippen LogP contribution in [0.3, 0.4) is 0 Å². The van der Waals surface area contributed by atoms with Crippen LogP contribution < -0.4 is 15.0 Å². The number of hydrogen-bond acceptors (Lipinski definition) is 10. The van der Waals surface area contributed by atoms with Crippen LogP contribution in [-0.4, -0.2) is 88.6 Å². The number of rotatable bonds is 7. The minimum atomic E-state index is -1.46. The Morgan fingerprint density at radius 1 is 1.17 bits per heavy atom. The third-order valence-electron chi connectivity index (χ3n) is 8.09. The molecule has 0 spiro atoms. The first-order chi connectivity index (χ1) is 20.4. The topological polar surface area (TPSA) is 137 Å². The molecule has 3 aliphatic heterocycles. The smallest absolute Gasteiger partial charge is 0.251 e. The van der Waals surface area contributed by atoms with E-state index < -0.39 is 24.3 Å². The van der Waals surface area contributed by atoms with Gasteiger partial charge in [-0.15, -0.1) is 0 Å². The highest BCUT2D eigenvalue weighted by Gasteiger charge is 2.37. The maximum atomic E-state index is 14.8. The minimum absolute atomic E-state index is 0.174. The van der Waals surface area contributed by atoms with Crippen molar-refractivity contribution in [2.45, 2.75) is 31.7 Å². The number of aromatic nitrogens is 3. The number of likely N-dealkylation sites (tertiary alicyclic amines) is 1. The van der Waals surface area contributed by atoms with E-state index in [1.165, 1.54) is 23.8 Å². The molecule has 3 aliphatic rings. The van der Waals surface area contributed by atoms with Crippen molar-refractivity contribution < 1.29 is 23.8 Å². The summed E-state index contributed by atoms with van der Waals surface area (Å²) in [4.78, 5) is 28.7. The molecule has 3 saturated heterocycles. The van der Waals surface area contributed by atoms with Gasteiger partial charge in [0.25, 0.3) is 5.91 Å². The van der Waals surface area contributed by atoms with Crippen LogP contribution in [0.25, 0.3) is 11.4 Å². The summed E-state index contributed by atoms with van der Waals surface area (Å²) in [5, 5.41) is 22.5. The van der Waals surface area contributed by atoms with Crippen molar-refractivity contribution in [3.05, 3.63) is 54.4 Å². The highest BCUT2D eigenvalue weighted by Crippen LogP contribution is 2.33. The molecule has 0 radical (unpaired) electrons. The van der Waals surface area contributed by atoms with Crippen LogP contribution in [0.1, 0.15) is 18.9 Å². The third kappa shape index (κ3) is 5.84. The average Bonchev–Trinajstić information content (AvgIpc) is 3.61. The number of amides is 1. The quantitative estimate of drug-likeness (QED) is 0.434. The van der Waals surface area contributed by atoms with Crippen LogP contribution >= 0.6 is 0 Å². The summed E-state index contributed by atoms with van der Waals surface area (Å²) in [6, 6.07) is 15.2. The lowest BCUT2D eigenvalue weighted by molar-refractivity contribution is -0.143. The molecule has 1 amide bonds. The SMILES string of the molecule is C[C@H](O)C(=O)N1CC[C@H](Oc2ccc(-c3ncnc(Nc4ccc(N5CC6COCC6C5)cc4)n3)cc2C#N)[C@@H](F)C1. The van der Waals surface area contributed by atoms with Gasteiger partial charge in [0, 0.05) is 54.8 Å². The number of fused-ring (bicyclic) bond motifs is 1. The van der Waals surface area contributed by atoms with Gasteiger partial charge in [-0.2, -0.15) is 10.2 Å². The lowest BCUT2D eigenvalue weighted by atomic mass is 10.0. The second-order valence-electron chi connectivity index (χ2n) is 11.0. The fraction of sp³-hybridized carbons (Fsp3) is 0.433. The van der Waals surface area contributed by atoms with Gasteiger partial charge in [0.15, 0.2) is 12.0 Å². The lowest BCUT2D eigenvalue weighted by Crippen LogP contribution is -2.51. The number of alkyl halides is 1. The fourth-order valence-electron chi connectivity index (χ4n) is 5.78. The first-order valence-electron chi connectivity index (χ1n) is 14.1. The number of aliphatic hydroxyl groups is 1. The van der Waals surface area contributed by atoms with Crippen LogP contribution in [0.15, 0.2) is 48.8 Å². The summed E-state index contributed by atoms with van der Waals surface area (Å²) < 4.78 is 26.3. The second-order valence-corrected chi connectivity index (χ2v) is 11.0. The Morgan fingerprint density at radius 2 is 1.93 bits per heavy atom. The highest BCUT2D eigenvalue weighted by atomic mass is 19.1. The summed E-state index contributed by atoms with van der Waals surface area (Å²) in [6.07, 6.45) is -1.82. The van der Waals surface area contributed by atoms with Crippen molar-refractivity contribution in [3.8, 4) is 23.2 Å². The first kappa shape index (κ1) is 27.8. The standard InChI is InChI=1S/C30H32FN7O4/c1-18(39)29(40)37-9-8-27(25(31)14-37)42-26-7-2-19(10-20(26)11-32)28-33-17-34-30(36-28)35-23-3-5-24(6-4-23)38-12-21-15-41-16-22(21)13-38/h2-7,10,17-18,21-22,25,27,39H,8-9,12-16H2,1H3,(H,33,34,35,36)/t18-,21?,22?,25-,27-/m0/s1. The van der Waals surface area contributed by atoms with Crippen molar-refractivity contribution in [1.82, 2.24) is 19.9 Å². The van der Waals surface area contributed by atoms with E-state index in [1.54, 1.807) is 18.2 Å². The number of aliphatic hydroxyl groups excluding tert-OH is 1. The number of carbonyl (C=O) groups excluding carboxylic acids is 1. The van der Waals surface area contributed by atoms with Gasteiger partial charge in [-0.3, -0.25) is 4.79 Å². The lowest BCUT2D eigenvalue weighted by Gasteiger charge is -2.35. The molecule has 218 valence electrons. The molecule has 11 nitrogen and oxygen atoms in total. The highest BCUT2D eigenvalue weighted by molar-refractivity contribution is 5.80. The molecule has 2 N–H and O–H groups in total. The molecule has 12 heteroatoms. The Balaban J connectivity index is 1.10. The van der Waals surface area contributed by atoms with Gasteiger partial charge in [0.2, 0.25) is 5.95 Å². The number of ether oxygens (including phenoxy) is 2. The molecule has 6 rings (SSSR count). The van der Waals surface area contributed by atoms with Gasteiger partial charge in [-0.1, -0.05) is 0 Å². The van der Waals surface area contributed by atoms with Crippen LogP contribution in [0, 0.1) is 23.2 Å². The van der Waals surface area contributed by atoms with Crippen LogP contribution in [0.5, 0.6) is 5.75 Å². The predicted molar refractivity (Wildman–Crippen MR) is 152 cm³/mol. The molecule has 1 aromatic heterocycles. The zero-order valence-corrected chi connectivity index (χ0v) is 23.2. The number of benzene rings is 2. The van der Waals surface area contributed by atoms with E-state index in [-0.39, 0.29) is 30.8 Å². The van der Waals surface area contributed by atoms with Crippen molar-refractivity contribution in [2.75, 3.05) is 49.6 Å². The van der Waals surface area contributed by atoms with E-state index in [4.69, 9.17) is 9.47 Å². The van der Waals surface area contributed by atoms with E-state index in [0.717, 1.165) is 32.0 Å². The molecule has 42 heavy (non-hydrogen) atoms. The van der Waals surface area contributed by atoms with Crippen LogP contribution in [0.2, 0.25) is 0 Å².